The number of amides is 1. The maximum absolute atomic E-state index is 14.8. The number of benzene rings is 2. The topological polar surface area (TPSA) is 93.3 Å². The van der Waals surface area contributed by atoms with Gasteiger partial charge >= 0.3 is 0 Å². The molecule has 0 radical (unpaired) electrons. The van der Waals surface area contributed by atoms with Gasteiger partial charge in [-0.1, -0.05) is 32.9 Å². The molecular formula is C42H53F3N8O2SSi. The SMILES string of the molecule is Cc1c(-c2ccc(N3CC(CN4CCC(CO[Si](C)(C)C(C)(C)C)CC4)C3)cc2)cc(C(F)F)c2cn(C(C(=O)Nc3nccs3)c3ncn4c3C[C@@H](F)C4)nc12. The lowest BCUT2D eigenvalue weighted by Crippen LogP contribution is -2.52. The number of piperidine rings is 1. The van der Waals surface area contributed by atoms with Crippen LogP contribution in [0.2, 0.25) is 18.1 Å². The van der Waals surface area contributed by atoms with Crippen LogP contribution < -0.4 is 10.2 Å². The Hall–Kier alpha value is -4.05. The number of aromatic nitrogens is 5. The van der Waals surface area contributed by atoms with Gasteiger partial charge < -0.3 is 18.8 Å². The van der Waals surface area contributed by atoms with E-state index in [-0.39, 0.29) is 29.0 Å². The summed E-state index contributed by atoms with van der Waals surface area (Å²) in [5.74, 6) is 0.775. The third-order valence-electron chi connectivity index (χ3n) is 12.8. The monoisotopic (exact) mass is 818 g/mol. The summed E-state index contributed by atoms with van der Waals surface area (Å²) in [5.41, 5.74) is 4.43. The molecule has 3 aliphatic rings. The maximum atomic E-state index is 14.8. The van der Waals surface area contributed by atoms with E-state index in [4.69, 9.17) is 9.52 Å². The van der Waals surface area contributed by atoms with Gasteiger partial charge in [0.2, 0.25) is 0 Å². The summed E-state index contributed by atoms with van der Waals surface area (Å²) in [7, 11) is -1.72. The van der Waals surface area contributed by atoms with Crippen molar-refractivity contribution >= 4 is 47.3 Å². The van der Waals surface area contributed by atoms with Crippen molar-refractivity contribution in [1.82, 2.24) is 29.2 Å². The molecule has 3 aromatic heterocycles. The Morgan fingerprint density at radius 2 is 1.81 bits per heavy atom. The number of hydrogen-bond acceptors (Lipinski definition) is 8. The van der Waals surface area contributed by atoms with Crippen molar-refractivity contribution in [2.45, 2.75) is 90.3 Å². The van der Waals surface area contributed by atoms with E-state index in [1.165, 1.54) is 41.4 Å². The number of imidazole rings is 1. The highest BCUT2D eigenvalue weighted by molar-refractivity contribution is 7.13. The van der Waals surface area contributed by atoms with E-state index >= 15 is 0 Å². The number of hydrogen-bond donors (Lipinski definition) is 1. The van der Waals surface area contributed by atoms with E-state index < -0.39 is 32.9 Å². The molecule has 2 fully saturated rings. The Balaban J connectivity index is 0.957. The van der Waals surface area contributed by atoms with Crippen LogP contribution in [0.5, 0.6) is 0 Å². The third kappa shape index (κ3) is 8.04. The number of rotatable bonds is 12. The van der Waals surface area contributed by atoms with E-state index in [1.807, 2.05) is 19.1 Å². The summed E-state index contributed by atoms with van der Waals surface area (Å²) in [4.78, 5) is 27.6. The van der Waals surface area contributed by atoms with E-state index in [0.717, 1.165) is 56.1 Å². The Morgan fingerprint density at radius 3 is 2.47 bits per heavy atom. The van der Waals surface area contributed by atoms with Gasteiger partial charge in [0.05, 0.1) is 24.1 Å². The van der Waals surface area contributed by atoms with Crippen LogP contribution in [0.25, 0.3) is 22.0 Å². The molecular weight excluding hydrogens is 766 g/mol. The molecule has 1 N–H and O–H groups in total. The van der Waals surface area contributed by atoms with Crippen molar-refractivity contribution in [2.24, 2.45) is 11.8 Å². The van der Waals surface area contributed by atoms with Gasteiger partial charge in [-0.3, -0.25) is 14.8 Å². The molecule has 3 aliphatic heterocycles. The third-order valence-corrected chi connectivity index (χ3v) is 18.0. The lowest BCUT2D eigenvalue weighted by Gasteiger charge is -2.44. The molecule has 1 amide bonds. The molecule has 0 bridgehead atoms. The number of fused-ring (bicyclic) bond motifs is 2. The van der Waals surface area contributed by atoms with E-state index in [9.17, 15) is 18.0 Å². The molecule has 2 atom stereocenters. The van der Waals surface area contributed by atoms with Crippen molar-refractivity contribution in [3.05, 3.63) is 76.9 Å². The van der Waals surface area contributed by atoms with Crippen LogP contribution in [0.15, 0.2) is 54.4 Å². The number of nitrogens with one attached hydrogen (secondary N) is 1. The highest BCUT2D eigenvalue weighted by Gasteiger charge is 2.39. The van der Waals surface area contributed by atoms with Crippen molar-refractivity contribution in [3.8, 4) is 11.1 Å². The predicted octanol–water partition coefficient (Wildman–Crippen LogP) is 8.89. The van der Waals surface area contributed by atoms with Gasteiger partial charge in [-0.25, -0.2) is 23.1 Å². The Bertz CT molecular complexity index is 2200. The van der Waals surface area contributed by atoms with Gasteiger partial charge in [0.25, 0.3) is 12.3 Å². The summed E-state index contributed by atoms with van der Waals surface area (Å²) in [6.07, 6.45) is 3.19. The summed E-state index contributed by atoms with van der Waals surface area (Å²) >= 11 is 1.25. The highest BCUT2D eigenvalue weighted by atomic mass is 32.1. The first-order chi connectivity index (χ1) is 27.1. The van der Waals surface area contributed by atoms with E-state index in [0.29, 0.717) is 39.4 Å². The smallest absolute Gasteiger partial charge is 0.264 e. The lowest BCUT2D eigenvalue weighted by atomic mass is 9.93. The van der Waals surface area contributed by atoms with E-state index in [2.05, 4.69) is 71.1 Å². The van der Waals surface area contributed by atoms with Crippen LogP contribution >= 0.6 is 11.3 Å². The largest absolute Gasteiger partial charge is 0.417 e. The first-order valence-electron chi connectivity index (χ1n) is 20.1. The van der Waals surface area contributed by atoms with Crippen LogP contribution in [0.1, 0.15) is 68.6 Å². The zero-order valence-electron chi connectivity index (χ0n) is 33.6. The van der Waals surface area contributed by atoms with Gasteiger partial charge in [0.1, 0.15) is 6.17 Å². The molecule has 15 heteroatoms. The zero-order chi connectivity index (χ0) is 40.2. The van der Waals surface area contributed by atoms with Crippen LogP contribution in [0.4, 0.5) is 24.0 Å². The quantitative estimate of drug-likeness (QED) is 0.126. The second kappa shape index (κ2) is 15.6. The summed E-state index contributed by atoms with van der Waals surface area (Å²) in [6, 6.07) is 8.53. The van der Waals surface area contributed by atoms with Crippen LogP contribution in [0.3, 0.4) is 0 Å². The van der Waals surface area contributed by atoms with Crippen molar-refractivity contribution in [3.63, 3.8) is 0 Å². The minimum Gasteiger partial charge on any atom is -0.417 e. The minimum atomic E-state index is -2.78. The lowest BCUT2D eigenvalue weighted by molar-refractivity contribution is -0.118. The first-order valence-corrected chi connectivity index (χ1v) is 23.8. The molecule has 5 aromatic rings. The Kier molecular flexibility index (Phi) is 10.9. The van der Waals surface area contributed by atoms with Crippen molar-refractivity contribution in [2.75, 3.05) is 49.5 Å². The first kappa shape index (κ1) is 39.8. The number of nitrogens with zero attached hydrogens (tertiary/aromatic N) is 7. The molecule has 2 aromatic carbocycles. The number of anilines is 2. The molecule has 0 aliphatic carbocycles. The molecule has 57 heavy (non-hydrogen) atoms. The van der Waals surface area contributed by atoms with Crippen LogP contribution in [0, 0.1) is 18.8 Å². The number of carbonyl (C=O) groups is 1. The van der Waals surface area contributed by atoms with Gasteiger partial charge in [-0.2, -0.15) is 5.10 Å². The van der Waals surface area contributed by atoms with Gasteiger partial charge in [-0.15, -0.1) is 11.3 Å². The average Bonchev–Trinajstić information content (AvgIpc) is 3.96. The number of alkyl halides is 3. The molecule has 2 saturated heterocycles. The molecule has 1 unspecified atom stereocenters. The summed E-state index contributed by atoms with van der Waals surface area (Å²) in [5, 5.41) is 10.2. The summed E-state index contributed by atoms with van der Waals surface area (Å²) < 4.78 is 53.7. The Morgan fingerprint density at radius 1 is 1.07 bits per heavy atom. The minimum absolute atomic E-state index is 0.101. The molecule has 10 nitrogen and oxygen atoms in total. The fourth-order valence-electron chi connectivity index (χ4n) is 8.30. The molecule has 304 valence electrons. The second-order valence-corrected chi connectivity index (χ2v) is 23.4. The number of likely N-dealkylation sites (tertiary alicyclic amines) is 1. The highest BCUT2D eigenvalue weighted by Crippen LogP contribution is 2.40. The maximum Gasteiger partial charge on any atom is 0.264 e. The predicted molar refractivity (Wildman–Crippen MR) is 223 cm³/mol. The molecule has 0 saturated carbocycles. The van der Waals surface area contributed by atoms with Crippen LogP contribution in [-0.4, -0.2) is 88.9 Å². The van der Waals surface area contributed by atoms with E-state index in [1.54, 1.807) is 22.2 Å². The number of thiazole rings is 1. The number of halogens is 3. The number of carbonyl (C=O) groups excluding carboxylic acids is 1. The fraction of sp³-hybridized carbons (Fsp3) is 0.524. The fourth-order valence-corrected chi connectivity index (χ4v) is 9.92. The molecule has 0 spiro atoms. The van der Waals surface area contributed by atoms with Crippen molar-refractivity contribution in [1.29, 1.82) is 0 Å². The Labute approximate surface area is 337 Å². The zero-order valence-corrected chi connectivity index (χ0v) is 35.5. The summed E-state index contributed by atoms with van der Waals surface area (Å²) in [6.45, 7) is 19.8. The average molecular weight is 819 g/mol. The van der Waals surface area contributed by atoms with Gasteiger partial charge in [-0.05, 0) is 91.8 Å². The van der Waals surface area contributed by atoms with Crippen molar-refractivity contribution < 1.29 is 22.4 Å². The second-order valence-electron chi connectivity index (χ2n) is 17.7. The molecule has 8 rings (SSSR count). The normalized spacial score (nSPS) is 19.1. The van der Waals surface area contributed by atoms with Gasteiger partial charge in [0, 0.05) is 78.7 Å². The number of aryl methyl sites for hydroxylation is 1. The standard InChI is InChI=1S/C42H53F3N8O2SSi/c1-26-32(29-7-9-31(10-8-29)51-20-28(21-51)19-50-14-11-27(12-15-50)24-55-57(5,6)42(2,3)4)18-33(39(44)45)34-23-53(49-36(26)34)38(40(54)48-41-46-13-16-56-41)37-35-17-30(43)22-52(35)25-47-37/h7-10,13,16,18,23,25,27-28,30,38-39H,11-12,14-15,17,19-22,24H2,1-6H3,(H,46,48,54)/t30-,38?/m1/s1. The van der Waals surface area contributed by atoms with Gasteiger partial charge in [0.15, 0.2) is 19.5 Å². The van der Waals surface area contributed by atoms with Crippen LogP contribution in [-0.2, 0) is 22.2 Å². The molecule has 6 heterocycles.